The molecule has 2 rings (SSSR count). The Bertz CT molecular complexity index is 399. The summed E-state index contributed by atoms with van der Waals surface area (Å²) in [6.45, 7) is 3.84. The average molecular weight is 339 g/mol. The highest BCUT2D eigenvalue weighted by Crippen LogP contribution is 2.44. The molecule has 0 radical (unpaired) electrons. The topological polar surface area (TPSA) is 67.8 Å². The summed E-state index contributed by atoms with van der Waals surface area (Å²) in [7, 11) is 0. The number of nitrogens with one attached hydrogen (secondary N) is 1. The third kappa shape index (κ3) is 6.19. The number of carbonyl (C=O) groups is 1. The lowest BCUT2D eigenvalue weighted by atomic mass is 9.77. The molecule has 4 atom stereocenters. The molecule has 2 bridgehead atoms. The van der Waals surface area contributed by atoms with E-state index in [2.05, 4.69) is 24.6 Å². The van der Waals surface area contributed by atoms with Crippen molar-refractivity contribution < 1.29 is 19.5 Å². The van der Waals surface area contributed by atoms with Crippen LogP contribution in [0.3, 0.4) is 0 Å². The molecule has 0 spiro atoms. The summed E-state index contributed by atoms with van der Waals surface area (Å²) in [6.07, 6.45) is 13.8. The Morgan fingerprint density at radius 2 is 2.00 bits per heavy atom. The molecule has 5 nitrogen and oxygen atoms in total. The van der Waals surface area contributed by atoms with Crippen LogP contribution in [-0.2, 0) is 14.4 Å². The minimum absolute atomic E-state index is 0.253. The molecule has 2 aliphatic heterocycles. The lowest BCUT2D eigenvalue weighted by molar-refractivity contribution is -0.137. The molecular formula is C19H33NO4. The van der Waals surface area contributed by atoms with Crippen LogP contribution in [0.4, 0.5) is 0 Å². The van der Waals surface area contributed by atoms with E-state index in [1.165, 1.54) is 25.7 Å². The SMILES string of the molecule is CCCCCONC[C@H]1[C@@H](C/C=C\CCCC(=O)O)[C@H]2CC[C@@H]1O2. The Balaban J connectivity index is 1.65. The van der Waals surface area contributed by atoms with Crippen LogP contribution in [0, 0.1) is 11.8 Å². The lowest BCUT2D eigenvalue weighted by Gasteiger charge is -2.27. The Morgan fingerprint density at radius 1 is 1.21 bits per heavy atom. The van der Waals surface area contributed by atoms with Crippen LogP contribution in [0.5, 0.6) is 0 Å². The normalized spacial score (nSPS) is 28.9. The molecule has 2 aliphatic rings. The van der Waals surface area contributed by atoms with Gasteiger partial charge >= 0.3 is 5.97 Å². The first kappa shape index (κ1) is 19.4. The number of hydrogen-bond donors (Lipinski definition) is 2. The minimum Gasteiger partial charge on any atom is -0.481 e. The number of rotatable bonds is 13. The van der Waals surface area contributed by atoms with Crippen LogP contribution in [0.1, 0.15) is 64.7 Å². The number of carboxylic acids is 1. The zero-order chi connectivity index (χ0) is 17.2. The van der Waals surface area contributed by atoms with E-state index in [0.29, 0.717) is 24.0 Å². The van der Waals surface area contributed by atoms with Crippen LogP contribution in [0.15, 0.2) is 12.2 Å². The van der Waals surface area contributed by atoms with Gasteiger partial charge in [0.25, 0.3) is 0 Å². The van der Waals surface area contributed by atoms with Gasteiger partial charge < -0.3 is 14.7 Å². The number of allylic oxidation sites excluding steroid dienone is 2. The molecule has 0 saturated carbocycles. The fraction of sp³-hybridized carbons (Fsp3) is 0.842. The fourth-order valence-electron chi connectivity index (χ4n) is 3.87. The second-order valence-electron chi connectivity index (χ2n) is 7.02. The van der Waals surface area contributed by atoms with Crippen molar-refractivity contribution in [2.24, 2.45) is 11.8 Å². The fourth-order valence-corrected chi connectivity index (χ4v) is 3.87. The van der Waals surface area contributed by atoms with E-state index in [1.54, 1.807) is 0 Å². The standard InChI is InChI=1S/C19H33NO4/c1-2-3-8-13-23-20-14-16-15(17-11-12-18(16)24-17)9-6-4-5-7-10-19(21)22/h4,6,15-18,20H,2-3,5,7-14H2,1H3,(H,21,22)/b6-4-/t15-,16+,17-,18+/m1/s1. The number of fused-ring (bicyclic) bond motifs is 2. The third-order valence-corrected chi connectivity index (χ3v) is 5.20. The lowest BCUT2D eigenvalue weighted by Crippen LogP contribution is -2.35. The molecule has 5 heteroatoms. The summed E-state index contributed by atoms with van der Waals surface area (Å²) in [5.74, 6) is 0.375. The second kappa shape index (κ2) is 10.9. The maximum atomic E-state index is 10.5. The second-order valence-corrected chi connectivity index (χ2v) is 7.02. The van der Waals surface area contributed by atoms with Gasteiger partial charge in [0.1, 0.15) is 0 Å². The van der Waals surface area contributed by atoms with Crippen LogP contribution < -0.4 is 5.48 Å². The molecular weight excluding hydrogens is 306 g/mol. The summed E-state index contributed by atoms with van der Waals surface area (Å²) < 4.78 is 6.10. The summed E-state index contributed by atoms with van der Waals surface area (Å²) >= 11 is 0. The summed E-state index contributed by atoms with van der Waals surface area (Å²) in [4.78, 5) is 16.0. The Labute approximate surface area is 145 Å². The number of carboxylic acid groups (broad SMARTS) is 1. The van der Waals surface area contributed by atoms with Gasteiger partial charge in [-0.25, -0.2) is 5.48 Å². The van der Waals surface area contributed by atoms with Gasteiger partial charge in [-0.1, -0.05) is 31.9 Å². The zero-order valence-corrected chi connectivity index (χ0v) is 14.9. The van der Waals surface area contributed by atoms with E-state index in [1.807, 2.05) is 0 Å². The van der Waals surface area contributed by atoms with Gasteiger partial charge in [-0.3, -0.25) is 4.79 Å². The van der Waals surface area contributed by atoms with Gasteiger partial charge in [0.15, 0.2) is 0 Å². The van der Waals surface area contributed by atoms with E-state index >= 15 is 0 Å². The molecule has 0 unspecified atom stereocenters. The smallest absolute Gasteiger partial charge is 0.303 e. The van der Waals surface area contributed by atoms with Crippen molar-refractivity contribution in [3.63, 3.8) is 0 Å². The number of hydrogen-bond acceptors (Lipinski definition) is 4. The van der Waals surface area contributed by atoms with Crippen molar-refractivity contribution in [2.75, 3.05) is 13.2 Å². The van der Waals surface area contributed by atoms with Crippen molar-refractivity contribution in [1.29, 1.82) is 0 Å². The predicted molar refractivity (Wildman–Crippen MR) is 93.6 cm³/mol. The van der Waals surface area contributed by atoms with Gasteiger partial charge in [0, 0.05) is 18.9 Å². The number of hydroxylamine groups is 1. The molecule has 2 heterocycles. The van der Waals surface area contributed by atoms with E-state index in [0.717, 1.165) is 38.8 Å². The van der Waals surface area contributed by atoms with Crippen LogP contribution >= 0.6 is 0 Å². The highest BCUT2D eigenvalue weighted by Gasteiger charge is 2.47. The van der Waals surface area contributed by atoms with Crippen LogP contribution in [-0.4, -0.2) is 36.4 Å². The number of aliphatic carboxylic acids is 1. The van der Waals surface area contributed by atoms with E-state index in [9.17, 15) is 4.79 Å². The molecule has 2 saturated heterocycles. The largest absolute Gasteiger partial charge is 0.481 e. The monoisotopic (exact) mass is 339 g/mol. The highest BCUT2D eigenvalue weighted by atomic mass is 16.6. The first-order valence-electron chi connectivity index (χ1n) is 9.59. The molecule has 0 aliphatic carbocycles. The molecule has 0 amide bonds. The molecule has 0 aromatic carbocycles. The zero-order valence-electron chi connectivity index (χ0n) is 14.9. The van der Waals surface area contributed by atoms with E-state index < -0.39 is 5.97 Å². The van der Waals surface area contributed by atoms with Gasteiger partial charge in [0.2, 0.25) is 0 Å². The van der Waals surface area contributed by atoms with Gasteiger partial charge in [0.05, 0.1) is 18.8 Å². The Morgan fingerprint density at radius 3 is 2.75 bits per heavy atom. The van der Waals surface area contributed by atoms with Gasteiger partial charge in [-0.05, 0) is 44.4 Å². The molecule has 0 aromatic rings. The minimum atomic E-state index is -0.713. The summed E-state index contributed by atoms with van der Waals surface area (Å²) in [5.41, 5.74) is 3.15. The van der Waals surface area contributed by atoms with Crippen molar-refractivity contribution in [2.45, 2.75) is 76.9 Å². The summed E-state index contributed by atoms with van der Waals surface area (Å²) in [6, 6.07) is 0. The van der Waals surface area contributed by atoms with Crippen molar-refractivity contribution in [1.82, 2.24) is 5.48 Å². The first-order chi connectivity index (χ1) is 11.7. The van der Waals surface area contributed by atoms with E-state index in [-0.39, 0.29) is 6.42 Å². The molecule has 24 heavy (non-hydrogen) atoms. The Hall–Kier alpha value is -0.910. The quantitative estimate of drug-likeness (QED) is 0.304. The van der Waals surface area contributed by atoms with Gasteiger partial charge in [-0.2, -0.15) is 0 Å². The molecule has 2 N–H and O–H groups in total. The van der Waals surface area contributed by atoms with E-state index in [4.69, 9.17) is 14.7 Å². The van der Waals surface area contributed by atoms with Crippen LogP contribution in [0.25, 0.3) is 0 Å². The number of ether oxygens (including phenoxy) is 1. The van der Waals surface area contributed by atoms with Crippen molar-refractivity contribution in [3.05, 3.63) is 12.2 Å². The first-order valence-corrected chi connectivity index (χ1v) is 9.59. The van der Waals surface area contributed by atoms with Gasteiger partial charge in [-0.15, -0.1) is 0 Å². The maximum Gasteiger partial charge on any atom is 0.303 e. The highest BCUT2D eigenvalue weighted by molar-refractivity contribution is 5.66. The van der Waals surface area contributed by atoms with Crippen molar-refractivity contribution >= 4 is 5.97 Å². The maximum absolute atomic E-state index is 10.5. The molecule has 2 fully saturated rings. The average Bonchev–Trinajstić information content (AvgIpc) is 3.15. The predicted octanol–water partition coefficient (Wildman–Crippen LogP) is 3.69. The van der Waals surface area contributed by atoms with Crippen molar-refractivity contribution in [3.8, 4) is 0 Å². The molecule has 0 aromatic heterocycles. The molecule has 138 valence electrons. The summed E-state index contributed by atoms with van der Waals surface area (Å²) in [5, 5.41) is 8.64. The van der Waals surface area contributed by atoms with Crippen LogP contribution in [0.2, 0.25) is 0 Å². The number of unbranched alkanes of at least 4 members (excludes halogenated alkanes) is 3. The Kier molecular flexibility index (Phi) is 8.78. The third-order valence-electron chi connectivity index (χ3n) is 5.20.